The van der Waals surface area contributed by atoms with Gasteiger partial charge in [0.1, 0.15) is 5.75 Å². The first-order valence-corrected chi connectivity index (χ1v) is 8.78. The van der Waals surface area contributed by atoms with Gasteiger partial charge in [0.15, 0.2) is 0 Å². The number of rotatable bonds is 9. The highest BCUT2D eigenvalue weighted by Crippen LogP contribution is 2.18. The Hall–Kier alpha value is -3.22. The van der Waals surface area contributed by atoms with E-state index in [1.54, 1.807) is 19.1 Å². The van der Waals surface area contributed by atoms with Gasteiger partial charge in [-0.2, -0.15) is 5.10 Å². The second-order valence-electron chi connectivity index (χ2n) is 6.03. The zero-order valence-electron chi connectivity index (χ0n) is 15.5. The monoisotopic (exact) mass is 369 g/mol. The van der Waals surface area contributed by atoms with Gasteiger partial charge in [-0.25, -0.2) is 5.43 Å². The number of nitrogens with zero attached hydrogens (tertiary/aromatic N) is 2. The van der Waals surface area contributed by atoms with E-state index in [-0.39, 0.29) is 11.6 Å². The molecule has 0 aliphatic carbocycles. The predicted octanol–water partition coefficient (Wildman–Crippen LogP) is 3.77. The normalized spacial score (nSPS) is 10.7. The van der Waals surface area contributed by atoms with Gasteiger partial charge in [0, 0.05) is 23.6 Å². The molecule has 1 amide bonds. The number of aryl methyl sites for hydroxylation is 2. The van der Waals surface area contributed by atoms with E-state index < -0.39 is 4.92 Å². The summed E-state index contributed by atoms with van der Waals surface area (Å²) in [7, 11) is 0. The molecule has 1 N–H and O–H groups in total. The van der Waals surface area contributed by atoms with Gasteiger partial charge in [0.05, 0.1) is 17.7 Å². The van der Waals surface area contributed by atoms with E-state index in [0.717, 1.165) is 17.7 Å². The molecule has 0 heterocycles. The lowest BCUT2D eigenvalue weighted by Crippen LogP contribution is -2.17. The largest absolute Gasteiger partial charge is 0.494 e. The minimum absolute atomic E-state index is 0.0284. The molecular formula is C20H23N3O4. The molecule has 7 nitrogen and oxygen atoms in total. The molecule has 0 aromatic heterocycles. The molecule has 27 heavy (non-hydrogen) atoms. The van der Waals surface area contributed by atoms with Crippen LogP contribution in [0.3, 0.4) is 0 Å². The fraction of sp³-hybridized carbons (Fsp3) is 0.300. The maximum Gasteiger partial charge on any atom is 0.272 e. The summed E-state index contributed by atoms with van der Waals surface area (Å²) in [4.78, 5) is 22.3. The Kier molecular flexibility index (Phi) is 7.49. The standard InChI is InChI=1S/C20H23N3O4/c1-3-27-18-11-9-16(10-12-18)5-4-6-20(24)22-21-14-17-8-7-15(2)19(13-17)23(25)26/h7-14H,3-6H2,1-2H3,(H,22,24)/b21-14+. The van der Waals surface area contributed by atoms with Crippen LogP contribution in [0.2, 0.25) is 0 Å². The Morgan fingerprint density at radius 1 is 1.26 bits per heavy atom. The molecule has 0 unspecified atom stereocenters. The highest BCUT2D eigenvalue weighted by Gasteiger charge is 2.10. The van der Waals surface area contributed by atoms with Crippen LogP contribution in [0.25, 0.3) is 0 Å². The number of nitro groups is 1. The van der Waals surface area contributed by atoms with Crippen molar-refractivity contribution < 1.29 is 14.5 Å². The van der Waals surface area contributed by atoms with Crippen LogP contribution in [0.1, 0.15) is 36.5 Å². The Balaban J connectivity index is 1.76. The minimum atomic E-state index is -0.438. The van der Waals surface area contributed by atoms with E-state index in [0.29, 0.717) is 30.6 Å². The van der Waals surface area contributed by atoms with E-state index in [2.05, 4.69) is 10.5 Å². The average molecular weight is 369 g/mol. The second-order valence-corrected chi connectivity index (χ2v) is 6.03. The van der Waals surface area contributed by atoms with Gasteiger partial charge < -0.3 is 4.74 Å². The Bertz CT molecular complexity index is 816. The molecule has 0 fully saturated rings. The summed E-state index contributed by atoms with van der Waals surface area (Å²) in [5.74, 6) is 0.642. The number of nitro benzene ring substituents is 1. The van der Waals surface area contributed by atoms with Crippen molar-refractivity contribution in [2.75, 3.05) is 6.61 Å². The lowest BCUT2D eigenvalue weighted by atomic mass is 10.1. The number of nitrogens with one attached hydrogen (secondary N) is 1. The molecule has 0 spiro atoms. The smallest absolute Gasteiger partial charge is 0.272 e. The van der Waals surface area contributed by atoms with Crippen LogP contribution in [0, 0.1) is 17.0 Å². The zero-order chi connectivity index (χ0) is 19.6. The number of hydrogen-bond donors (Lipinski definition) is 1. The number of carbonyl (C=O) groups is 1. The zero-order valence-corrected chi connectivity index (χ0v) is 15.5. The van der Waals surface area contributed by atoms with Crippen LogP contribution < -0.4 is 10.2 Å². The van der Waals surface area contributed by atoms with Crippen LogP contribution in [0.5, 0.6) is 5.75 Å². The van der Waals surface area contributed by atoms with Crippen molar-refractivity contribution >= 4 is 17.8 Å². The van der Waals surface area contributed by atoms with Crippen molar-refractivity contribution in [3.63, 3.8) is 0 Å². The van der Waals surface area contributed by atoms with Crippen LogP contribution in [0.4, 0.5) is 5.69 Å². The lowest BCUT2D eigenvalue weighted by molar-refractivity contribution is -0.385. The van der Waals surface area contributed by atoms with Gasteiger partial charge in [0.2, 0.25) is 5.91 Å². The van der Waals surface area contributed by atoms with Crippen LogP contribution in [-0.2, 0) is 11.2 Å². The average Bonchev–Trinajstić information content (AvgIpc) is 2.64. The van der Waals surface area contributed by atoms with Crippen molar-refractivity contribution in [1.29, 1.82) is 0 Å². The molecule has 142 valence electrons. The van der Waals surface area contributed by atoms with Crippen molar-refractivity contribution in [2.24, 2.45) is 5.10 Å². The molecule has 0 radical (unpaired) electrons. The van der Waals surface area contributed by atoms with E-state index in [1.807, 2.05) is 31.2 Å². The van der Waals surface area contributed by atoms with Gasteiger partial charge in [-0.15, -0.1) is 0 Å². The maximum atomic E-state index is 11.8. The first-order valence-electron chi connectivity index (χ1n) is 8.78. The number of hydrogen-bond acceptors (Lipinski definition) is 5. The first-order chi connectivity index (χ1) is 13.0. The van der Waals surface area contributed by atoms with Gasteiger partial charge in [0.25, 0.3) is 5.69 Å². The van der Waals surface area contributed by atoms with Gasteiger partial charge >= 0.3 is 0 Å². The fourth-order valence-electron chi connectivity index (χ4n) is 2.51. The second kappa shape index (κ2) is 10.1. The topological polar surface area (TPSA) is 93.8 Å². The number of benzene rings is 2. The Morgan fingerprint density at radius 3 is 2.67 bits per heavy atom. The van der Waals surface area contributed by atoms with E-state index in [1.165, 1.54) is 12.3 Å². The number of carbonyl (C=O) groups excluding carboxylic acids is 1. The summed E-state index contributed by atoms with van der Waals surface area (Å²) in [5, 5.41) is 14.8. The van der Waals surface area contributed by atoms with Crippen molar-refractivity contribution in [3.05, 3.63) is 69.3 Å². The Labute approximate surface area is 158 Å². The molecule has 2 aromatic rings. The minimum Gasteiger partial charge on any atom is -0.494 e. The molecule has 0 aliphatic rings. The van der Waals surface area contributed by atoms with Crippen LogP contribution in [-0.4, -0.2) is 23.7 Å². The number of hydrazone groups is 1. The summed E-state index contributed by atoms with van der Waals surface area (Å²) in [5.41, 5.74) is 4.75. The summed E-state index contributed by atoms with van der Waals surface area (Å²) < 4.78 is 5.39. The third-order valence-electron chi connectivity index (χ3n) is 3.94. The third-order valence-corrected chi connectivity index (χ3v) is 3.94. The van der Waals surface area contributed by atoms with E-state index in [4.69, 9.17) is 4.74 Å². The van der Waals surface area contributed by atoms with Crippen LogP contribution >= 0.6 is 0 Å². The summed E-state index contributed by atoms with van der Waals surface area (Å²) in [6.45, 7) is 4.25. The molecule has 0 bridgehead atoms. The molecular weight excluding hydrogens is 346 g/mol. The summed E-state index contributed by atoms with van der Waals surface area (Å²) in [6, 6.07) is 12.6. The molecule has 7 heteroatoms. The molecule has 2 aromatic carbocycles. The van der Waals surface area contributed by atoms with Gasteiger partial charge in [-0.3, -0.25) is 14.9 Å². The molecule has 0 saturated heterocycles. The van der Waals surface area contributed by atoms with Crippen molar-refractivity contribution in [2.45, 2.75) is 33.1 Å². The predicted molar refractivity (Wildman–Crippen MR) is 104 cm³/mol. The van der Waals surface area contributed by atoms with E-state index in [9.17, 15) is 14.9 Å². The first kappa shape index (κ1) is 20.1. The van der Waals surface area contributed by atoms with Gasteiger partial charge in [-0.05, 0) is 44.4 Å². The molecule has 0 aliphatic heterocycles. The van der Waals surface area contributed by atoms with Gasteiger partial charge in [-0.1, -0.05) is 24.3 Å². The number of ether oxygens (including phenoxy) is 1. The maximum absolute atomic E-state index is 11.8. The third kappa shape index (κ3) is 6.54. The molecule has 0 atom stereocenters. The summed E-state index contributed by atoms with van der Waals surface area (Å²) >= 11 is 0. The highest BCUT2D eigenvalue weighted by molar-refractivity contribution is 5.83. The van der Waals surface area contributed by atoms with Crippen LogP contribution in [0.15, 0.2) is 47.6 Å². The number of amides is 1. The molecule has 2 rings (SSSR count). The lowest BCUT2D eigenvalue weighted by Gasteiger charge is -2.05. The SMILES string of the molecule is CCOc1ccc(CCCC(=O)N/N=C/c2ccc(C)c([N+](=O)[O-])c2)cc1. The van der Waals surface area contributed by atoms with Crippen molar-refractivity contribution in [3.8, 4) is 5.75 Å². The highest BCUT2D eigenvalue weighted by atomic mass is 16.6. The van der Waals surface area contributed by atoms with Crippen molar-refractivity contribution in [1.82, 2.24) is 5.43 Å². The molecule has 0 saturated carbocycles. The quantitative estimate of drug-likeness (QED) is 0.413. The summed E-state index contributed by atoms with van der Waals surface area (Å²) in [6.07, 6.45) is 3.23. The fourth-order valence-corrected chi connectivity index (χ4v) is 2.51. The van der Waals surface area contributed by atoms with E-state index >= 15 is 0 Å². The Morgan fingerprint density at radius 2 is 2.00 bits per heavy atom.